The Morgan fingerprint density at radius 1 is 1.00 bits per heavy atom. The summed E-state index contributed by atoms with van der Waals surface area (Å²) < 4.78 is 14.1. The molecule has 0 unspecified atom stereocenters. The van der Waals surface area contributed by atoms with Crippen molar-refractivity contribution in [2.45, 2.75) is 45.4 Å². The van der Waals surface area contributed by atoms with Crippen LogP contribution in [0.25, 0.3) is 0 Å². The molecule has 0 aromatic rings. The first-order valence-electron chi connectivity index (χ1n) is 4.73. The van der Waals surface area contributed by atoms with Crippen LogP contribution in [0.15, 0.2) is 0 Å². The van der Waals surface area contributed by atoms with Crippen molar-refractivity contribution < 1.29 is 63.6 Å². The number of phosphoric acid groups is 1. The summed E-state index contributed by atoms with van der Waals surface area (Å²) >= 11 is 0. The van der Waals surface area contributed by atoms with E-state index in [9.17, 15) is 14.4 Å². The minimum atomic E-state index is -4.73. The molecule has 7 heteroatoms. The molecule has 0 N–H and O–H groups in total. The molecule has 4 nitrogen and oxygen atoms in total. The van der Waals surface area contributed by atoms with Crippen LogP contribution >= 0.6 is 7.82 Å². The number of phosphoric ester groups is 1. The van der Waals surface area contributed by atoms with Gasteiger partial charge in [0.15, 0.2) is 0 Å². The van der Waals surface area contributed by atoms with E-state index < -0.39 is 7.82 Å². The summed E-state index contributed by atoms with van der Waals surface area (Å²) in [5.41, 5.74) is 0. The molecule has 0 aliphatic rings. The van der Waals surface area contributed by atoms with E-state index >= 15 is 0 Å². The van der Waals surface area contributed by atoms with Gasteiger partial charge in [0.05, 0.1) is 14.4 Å². The molecule has 0 amide bonds. The van der Waals surface area contributed by atoms with Gasteiger partial charge in [-0.05, 0) is 6.42 Å². The summed E-state index contributed by atoms with van der Waals surface area (Å²) in [6, 6.07) is 0. The second kappa shape index (κ2) is 13.7. The molecule has 0 spiro atoms. The van der Waals surface area contributed by atoms with E-state index in [0.29, 0.717) is 6.42 Å². The molecule has 0 aromatic carbocycles. The first-order valence-corrected chi connectivity index (χ1v) is 6.19. The van der Waals surface area contributed by atoms with Gasteiger partial charge in [0, 0.05) is 0 Å². The van der Waals surface area contributed by atoms with Crippen molar-refractivity contribution in [1.82, 2.24) is 0 Å². The third-order valence-corrected chi connectivity index (χ3v) is 2.25. The van der Waals surface area contributed by atoms with E-state index in [4.69, 9.17) is 0 Å². The minimum absolute atomic E-state index is 0. The van der Waals surface area contributed by atoms with Crippen molar-refractivity contribution in [3.63, 3.8) is 0 Å². The molecule has 0 saturated carbocycles. The fraction of sp³-hybridized carbons (Fsp3) is 1.00. The molecule has 0 heterocycles. The van der Waals surface area contributed by atoms with Crippen LogP contribution in [0, 0.1) is 0 Å². The normalized spacial score (nSPS) is 10.3. The van der Waals surface area contributed by atoms with Gasteiger partial charge in [-0.3, -0.25) is 0 Å². The van der Waals surface area contributed by atoms with Crippen molar-refractivity contribution >= 4 is 7.82 Å². The van der Waals surface area contributed by atoms with Crippen molar-refractivity contribution in [2.75, 3.05) is 6.61 Å². The number of rotatable bonds is 8. The summed E-state index contributed by atoms with van der Waals surface area (Å²) in [4.78, 5) is 20.0. The summed E-state index contributed by atoms with van der Waals surface area (Å²) in [5.74, 6) is 0. The zero-order chi connectivity index (χ0) is 10.2. The Morgan fingerprint density at radius 2 is 1.47 bits per heavy atom. The van der Waals surface area contributed by atoms with Crippen molar-refractivity contribution in [3.05, 3.63) is 0 Å². The molecule has 0 bridgehead atoms. The van der Waals surface area contributed by atoms with Gasteiger partial charge in [-0.25, -0.2) is 0 Å². The van der Waals surface area contributed by atoms with E-state index in [1.54, 1.807) is 0 Å². The zero-order valence-electron chi connectivity index (χ0n) is 8.63. The molecule has 0 radical (unpaired) electrons. The standard InChI is InChI=1S/C8H19O4P.2Ag/c1-2-3-4-5-6-7-8-12-13(9,10)11;;/h2-8H2,1H3,(H2,9,10,11);;/q;2*+1/p-2. The van der Waals surface area contributed by atoms with Crippen LogP contribution in [0.1, 0.15) is 45.4 Å². The summed E-state index contributed by atoms with van der Waals surface area (Å²) in [5, 5.41) is 0. The third-order valence-electron chi connectivity index (χ3n) is 1.75. The van der Waals surface area contributed by atoms with E-state index in [-0.39, 0.29) is 51.4 Å². The van der Waals surface area contributed by atoms with E-state index in [1.165, 1.54) is 19.3 Å². The fourth-order valence-electron chi connectivity index (χ4n) is 1.06. The van der Waals surface area contributed by atoms with Crippen LogP contribution in [0.3, 0.4) is 0 Å². The van der Waals surface area contributed by atoms with Gasteiger partial charge in [0.2, 0.25) is 0 Å². The summed E-state index contributed by atoms with van der Waals surface area (Å²) in [6.07, 6.45) is 6.23. The molecule has 15 heavy (non-hydrogen) atoms. The summed E-state index contributed by atoms with van der Waals surface area (Å²) in [6.45, 7) is 2.17. The second-order valence-corrected chi connectivity index (χ2v) is 4.20. The van der Waals surface area contributed by atoms with E-state index in [1.807, 2.05) is 0 Å². The molecule has 100 valence electrons. The predicted molar refractivity (Wildman–Crippen MR) is 46.9 cm³/mol. The molecule has 0 aliphatic heterocycles. The van der Waals surface area contributed by atoms with Gasteiger partial charge in [0.25, 0.3) is 0 Å². The average Bonchev–Trinajstić information content (AvgIpc) is 2.01. The van der Waals surface area contributed by atoms with Gasteiger partial charge in [0.1, 0.15) is 0 Å². The average molecular weight is 424 g/mol. The fourth-order valence-corrected chi connectivity index (χ4v) is 1.41. The van der Waals surface area contributed by atoms with Crippen molar-refractivity contribution in [1.29, 1.82) is 0 Å². The van der Waals surface area contributed by atoms with Gasteiger partial charge >= 0.3 is 44.8 Å². The maximum Gasteiger partial charge on any atom is 1.00 e. The van der Waals surface area contributed by atoms with Crippen LogP contribution in [-0.2, 0) is 53.8 Å². The Kier molecular flexibility index (Phi) is 19.9. The van der Waals surface area contributed by atoms with Crippen LogP contribution in [0.2, 0.25) is 0 Å². The third kappa shape index (κ3) is 21.4. The van der Waals surface area contributed by atoms with E-state index in [2.05, 4.69) is 11.4 Å². The van der Waals surface area contributed by atoms with Crippen LogP contribution in [0.5, 0.6) is 0 Å². The number of hydrogen-bond acceptors (Lipinski definition) is 4. The molecule has 0 rings (SSSR count). The first kappa shape index (κ1) is 21.8. The topological polar surface area (TPSA) is 72.4 Å². The largest absolute Gasteiger partial charge is 1.00 e. The Balaban J connectivity index is -0.000000720. The van der Waals surface area contributed by atoms with Gasteiger partial charge in [-0.15, -0.1) is 0 Å². The number of unbranched alkanes of at least 4 members (excludes halogenated alkanes) is 5. The Labute approximate surface area is 123 Å². The van der Waals surface area contributed by atoms with Crippen LogP contribution in [0.4, 0.5) is 0 Å². The van der Waals surface area contributed by atoms with Gasteiger partial charge in [-0.1, -0.05) is 39.0 Å². The predicted octanol–water partition coefficient (Wildman–Crippen LogP) is 1.19. The Bertz CT molecular complexity index is 163. The monoisotopic (exact) mass is 422 g/mol. The molecular weight excluding hydrogens is 407 g/mol. The van der Waals surface area contributed by atoms with Crippen LogP contribution in [-0.4, -0.2) is 6.61 Å². The maximum absolute atomic E-state index is 10.0. The molecule has 0 aliphatic carbocycles. The Morgan fingerprint density at radius 3 is 1.93 bits per heavy atom. The molecule has 0 fully saturated rings. The zero-order valence-corrected chi connectivity index (χ0v) is 12.5. The molecular formula is C8H17Ag2O4P. The molecule has 0 atom stereocenters. The summed E-state index contributed by atoms with van der Waals surface area (Å²) in [7, 11) is -4.73. The second-order valence-electron chi connectivity index (χ2n) is 3.05. The molecule has 0 aromatic heterocycles. The first-order chi connectivity index (χ1) is 6.06. The van der Waals surface area contributed by atoms with Crippen LogP contribution < -0.4 is 9.79 Å². The van der Waals surface area contributed by atoms with Gasteiger partial charge < -0.3 is 18.9 Å². The minimum Gasteiger partial charge on any atom is -0.790 e. The SMILES string of the molecule is CCCCCCCCOP(=O)([O-])[O-].[Ag+].[Ag+]. The smallest absolute Gasteiger partial charge is 0.790 e. The van der Waals surface area contributed by atoms with Crippen molar-refractivity contribution in [2.24, 2.45) is 0 Å². The number of hydrogen-bond donors (Lipinski definition) is 0. The maximum atomic E-state index is 10.0. The molecule has 0 saturated heterocycles. The van der Waals surface area contributed by atoms with Crippen molar-refractivity contribution in [3.8, 4) is 0 Å². The van der Waals surface area contributed by atoms with E-state index in [0.717, 1.165) is 12.8 Å². The Hall–Kier alpha value is 1.59. The van der Waals surface area contributed by atoms with Gasteiger partial charge in [-0.2, -0.15) is 0 Å². The quantitative estimate of drug-likeness (QED) is 0.334.